The minimum atomic E-state index is -1.03. The Labute approximate surface area is 133 Å². The third-order valence-electron chi connectivity index (χ3n) is 2.65. The lowest BCUT2D eigenvalue weighted by atomic mass is 10.2. The fourth-order valence-electron chi connectivity index (χ4n) is 1.55. The maximum atomic E-state index is 10.6. The van der Waals surface area contributed by atoms with Gasteiger partial charge in [-0.25, -0.2) is 4.79 Å². The zero-order valence-corrected chi connectivity index (χ0v) is 12.7. The van der Waals surface area contributed by atoms with E-state index in [2.05, 4.69) is 9.62 Å². The van der Waals surface area contributed by atoms with Crippen LogP contribution in [0.3, 0.4) is 0 Å². The third-order valence-corrected chi connectivity index (χ3v) is 2.65. The average molecular weight is 318 g/mol. The topological polar surface area (TPSA) is 81.4 Å². The predicted molar refractivity (Wildman–Crippen MR) is 83.9 cm³/mol. The number of benzene rings is 2. The highest BCUT2D eigenvalue weighted by atomic mass is 17.2. The molecule has 2 aromatic heterocycles. The molecule has 6 heteroatoms. The van der Waals surface area contributed by atoms with Gasteiger partial charge in [-0.2, -0.15) is 4.89 Å². The van der Waals surface area contributed by atoms with Crippen molar-refractivity contribution in [3.05, 3.63) is 54.1 Å². The molecule has 0 unspecified atom stereocenters. The van der Waals surface area contributed by atoms with Gasteiger partial charge < -0.3 is 19.1 Å². The van der Waals surface area contributed by atoms with Gasteiger partial charge in [0.05, 0.1) is 19.8 Å². The van der Waals surface area contributed by atoms with Crippen molar-refractivity contribution in [1.29, 1.82) is 0 Å². The molecule has 0 saturated carbocycles. The summed E-state index contributed by atoms with van der Waals surface area (Å²) in [6, 6.07) is 14.1. The number of para-hydroxylation sites is 1. The number of rotatable bonds is 4. The van der Waals surface area contributed by atoms with Crippen molar-refractivity contribution in [1.82, 2.24) is 0 Å². The predicted octanol–water partition coefficient (Wildman–Crippen LogP) is 3.60. The van der Waals surface area contributed by atoms with Crippen molar-refractivity contribution in [3.8, 4) is 5.75 Å². The Hall–Kier alpha value is -2.57. The molecule has 1 saturated heterocycles. The zero-order valence-electron chi connectivity index (χ0n) is 12.7. The van der Waals surface area contributed by atoms with Crippen LogP contribution in [0, 0.1) is 0 Å². The van der Waals surface area contributed by atoms with E-state index in [-0.39, 0.29) is 11.3 Å². The summed E-state index contributed by atoms with van der Waals surface area (Å²) in [7, 11) is 0. The van der Waals surface area contributed by atoms with Crippen LogP contribution in [0.15, 0.2) is 52.9 Å². The second-order valence-electron chi connectivity index (χ2n) is 4.48. The van der Waals surface area contributed by atoms with Gasteiger partial charge in [0.15, 0.2) is 5.75 Å². The average Bonchev–Trinajstić information content (AvgIpc) is 3.30. The Balaban J connectivity index is 0.000000156. The van der Waals surface area contributed by atoms with E-state index in [1.807, 2.05) is 24.3 Å². The van der Waals surface area contributed by atoms with Crippen LogP contribution in [0.2, 0.25) is 0 Å². The molecule has 0 atom stereocenters. The Morgan fingerprint density at radius 1 is 1.09 bits per heavy atom. The zero-order chi connectivity index (χ0) is 16.5. The van der Waals surface area contributed by atoms with Crippen molar-refractivity contribution in [2.45, 2.75) is 6.92 Å². The number of furan rings is 2. The quantitative estimate of drug-likeness (QED) is 0.449. The van der Waals surface area contributed by atoms with Crippen molar-refractivity contribution < 1.29 is 28.8 Å². The molecule has 2 bridgehead atoms. The maximum absolute atomic E-state index is 10.6. The summed E-state index contributed by atoms with van der Waals surface area (Å²) in [6.07, 6.45) is 0. The summed E-state index contributed by atoms with van der Waals surface area (Å²) in [4.78, 5) is 20.1. The molecule has 1 aliphatic heterocycles. The van der Waals surface area contributed by atoms with Gasteiger partial charge in [0.2, 0.25) is 0 Å². The lowest BCUT2D eigenvalue weighted by Gasteiger charge is -2.04. The molecule has 1 aliphatic rings. The third kappa shape index (κ3) is 5.98. The van der Waals surface area contributed by atoms with Gasteiger partial charge in [-0.3, -0.25) is 0 Å². The van der Waals surface area contributed by atoms with E-state index in [1.165, 1.54) is 6.07 Å². The number of fused-ring (bicyclic) bond motifs is 2. The summed E-state index contributed by atoms with van der Waals surface area (Å²) in [6.45, 7) is 4.12. The number of hydrogen-bond acceptors (Lipinski definition) is 5. The van der Waals surface area contributed by atoms with Crippen LogP contribution in [-0.4, -0.2) is 30.9 Å². The lowest BCUT2D eigenvalue weighted by Crippen LogP contribution is -2.03. The van der Waals surface area contributed by atoms with Gasteiger partial charge >= 0.3 is 5.97 Å². The molecule has 23 heavy (non-hydrogen) atoms. The van der Waals surface area contributed by atoms with E-state index in [0.717, 1.165) is 24.4 Å². The lowest BCUT2D eigenvalue weighted by molar-refractivity contribution is -0.202. The van der Waals surface area contributed by atoms with E-state index in [9.17, 15) is 4.79 Å². The van der Waals surface area contributed by atoms with Crippen LogP contribution in [0.4, 0.5) is 0 Å². The second kappa shape index (κ2) is 8.77. The van der Waals surface area contributed by atoms with Crippen LogP contribution >= 0.6 is 0 Å². The van der Waals surface area contributed by atoms with E-state index in [0.29, 0.717) is 6.61 Å². The summed E-state index contributed by atoms with van der Waals surface area (Å²) < 4.78 is 9.58. The van der Waals surface area contributed by atoms with Crippen LogP contribution in [0.1, 0.15) is 17.3 Å². The van der Waals surface area contributed by atoms with E-state index < -0.39 is 5.97 Å². The first-order valence-corrected chi connectivity index (χ1v) is 7.18. The smallest absolute Gasteiger partial charge is 0.339 e. The Morgan fingerprint density at radius 2 is 1.65 bits per heavy atom. The minimum absolute atomic E-state index is 0.0935. The highest BCUT2D eigenvalue weighted by Crippen LogP contribution is 2.17. The molecule has 0 amide bonds. The number of epoxide rings is 1. The van der Waals surface area contributed by atoms with E-state index in [4.69, 9.17) is 14.4 Å². The van der Waals surface area contributed by atoms with Gasteiger partial charge in [-0.05, 0) is 43.3 Å². The summed E-state index contributed by atoms with van der Waals surface area (Å²) in [5.74, 6) is -0.813. The van der Waals surface area contributed by atoms with Gasteiger partial charge in [0, 0.05) is 0 Å². The molecular weight excluding hydrogens is 300 g/mol. The van der Waals surface area contributed by atoms with Crippen molar-refractivity contribution >= 4 is 17.1 Å². The SMILES string of the molecule is C1CO1.CCOOc1ccccc1C(=O)O.c1cc2ccc1o2. The molecular formula is C17H18O6. The second-order valence-corrected chi connectivity index (χ2v) is 4.48. The fourth-order valence-corrected chi connectivity index (χ4v) is 1.55. The molecule has 6 nitrogen and oxygen atoms in total. The Morgan fingerprint density at radius 3 is 2.04 bits per heavy atom. The molecule has 0 radical (unpaired) electrons. The number of carboxylic acids is 1. The summed E-state index contributed by atoms with van der Waals surface area (Å²) in [5, 5.41) is 8.73. The number of ether oxygens (including phenoxy) is 1. The van der Waals surface area contributed by atoms with Crippen molar-refractivity contribution in [2.75, 3.05) is 19.8 Å². The molecule has 3 aromatic rings. The van der Waals surface area contributed by atoms with Crippen LogP contribution in [0.5, 0.6) is 5.75 Å². The molecule has 122 valence electrons. The molecule has 4 rings (SSSR count). The maximum Gasteiger partial charge on any atom is 0.339 e. The highest BCUT2D eigenvalue weighted by molar-refractivity contribution is 5.90. The van der Waals surface area contributed by atoms with Gasteiger partial charge in [-0.15, -0.1) is 0 Å². The highest BCUT2D eigenvalue weighted by Gasteiger charge is 2.10. The number of carboxylic acid groups (broad SMARTS) is 1. The van der Waals surface area contributed by atoms with Crippen LogP contribution in [0.25, 0.3) is 11.2 Å². The molecule has 0 spiro atoms. The van der Waals surface area contributed by atoms with Gasteiger partial charge in [0.25, 0.3) is 0 Å². The monoisotopic (exact) mass is 318 g/mol. The molecule has 1 fully saturated rings. The first kappa shape index (κ1) is 16.8. The van der Waals surface area contributed by atoms with Crippen molar-refractivity contribution in [2.24, 2.45) is 0 Å². The Kier molecular flexibility index (Phi) is 6.40. The molecule has 1 aromatic carbocycles. The van der Waals surface area contributed by atoms with Crippen LogP contribution < -0.4 is 4.89 Å². The number of hydrogen-bond donors (Lipinski definition) is 1. The van der Waals surface area contributed by atoms with Crippen LogP contribution in [-0.2, 0) is 9.62 Å². The van der Waals surface area contributed by atoms with E-state index >= 15 is 0 Å². The van der Waals surface area contributed by atoms with Gasteiger partial charge in [0.1, 0.15) is 16.7 Å². The minimum Gasteiger partial charge on any atom is -0.478 e. The fraction of sp³-hybridized carbons (Fsp3) is 0.235. The Bertz CT molecular complexity index is 655. The summed E-state index contributed by atoms with van der Waals surface area (Å²) >= 11 is 0. The first-order chi connectivity index (χ1) is 11.2. The van der Waals surface area contributed by atoms with Gasteiger partial charge in [-0.1, -0.05) is 12.1 Å². The number of aromatic carboxylic acids is 1. The normalized spacial score (nSPS) is 11.9. The molecule has 3 heterocycles. The summed E-state index contributed by atoms with van der Waals surface area (Å²) in [5.41, 5.74) is 2.03. The molecule has 0 aliphatic carbocycles. The van der Waals surface area contributed by atoms with E-state index in [1.54, 1.807) is 25.1 Å². The number of carbonyl (C=O) groups is 1. The standard InChI is InChI=1S/C9H10O4.C6H4O.C2H4O/c1-2-12-13-8-6-4-3-5-7(8)9(10)11;1-2-6-4-3-5(1)7-6;1-2-3-1/h3-6H,2H2,1H3,(H,10,11);1-4H;1-2H2. The largest absolute Gasteiger partial charge is 0.478 e. The molecule has 1 N–H and O–H groups in total. The van der Waals surface area contributed by atoms with Crippen molar-refractivity contribution in [3.63, 3.8) is 0 Å². The first-order valence-electron chi connectivity index (χ1n) is 7.18.